The van der Waals surface area contributed by atoms with Crippen molar-refractivity contribution in [2.24, 2.45) is 5.73 Å². The summed E-state index contributed by atoms with van der Waals surface area (Å²) in [4.78, 5) is 0.184. The summed E-state index contributed by atoms with van der Waals surface area (Å²) in [6.45, 7) is 2.96. The highest BCUT2D eigenvalue weighted by Gasteiger charge is 2.22. The maximum absolute atomic E-state index is 12.4. The molecule has 1 aromatic rings. The second-order valence-electron chi connectivity index (χ2n) is 4.88. The van der Waals surface area contributed by atoms with Crippen molar-refractivity contribution in [1.29, 1.82) is 0 Å². The van der Waals surface area contributed by atoms with Gasteiger partial charge in [-0.3, -0.25) is 0 Å². The molecule has 1 aromatic carbocycles. The molecule has 1 aliphatic heterocycles. The summed E-state index contributed by atoms with van der Waals surface area (Å²) in [6.07, 6.45) is 1.81. The first kappa shape index (κ1) is 15.7. The molecule has 0 bridgehead atoms. The Morgan fingerprint density at radius 3 is 2.85 bits per heavy atom. The largest absolute Gasteiger partial charge is 0.377 e. The van der Waals surface area contributed by atoms with Gasteiger partial charge in [-0.25, -0.2) is 13.1 Å². The van der Waals surface area contributed by atoms with Crippen LogP contribution in [0.25, 0.3) is 0 Å². The third kappa shape index (κ3) is 3.51. The first-order chi connectivity index (χ1) is 9.44. The molecule has 1 aliphatic rings. The normalized spacial score (nSPS) is 19.4. The smallest absolute Gasteiger partial charge is 0.240 e. The first-order valence-electron chi connectivity index (χ1n) is 6.54. The zero-order valence-corrected chi connectivity index (χ0v) is 12.9. The zero-order valence-electron chi connectivity index (χ0n) is 11.4. The molecule has 3 N–H and O–H groups in total. The summed E-state index contributed by atoms with van der Waals surface area (Å²) < 4.78 is 32.7. The molecular weight excluding hydrogens is 300 g/mol. The Hall–Kier alpha value is -0.660. The molecule has 1 unspecified atom stereocenters. The fraction of sp³-hybridized carbons (Fsp3) is 0.538. The molecule has 7 heteroatoms. The summed E-state index contributed by atoms with van der Waals surface area (Å²) in [5.74, 6) is 0. The van der Waals surface area contributed by atoms with E-state index in [1.54, 1.807) is 13.0 Å². The molecule has 1 heterocycles. The Kier molecular flexibility index (Phi) is 5.04. The van der Waals surface area contributed by atoms with Crippen LogP contribution < -0.4 is 10.5 Å². The third-order valence-corrected chi connectivity index (χ3v) is 5.23. The van der Waals surface area contributed by atoms with Crippen LogP contribution in [0.4, 0.5) is 0 Å². The minimum Gasteiger partial charge on any atom is -0.377 e. The van der Waals surface area contributed by atoms with Gasteiger partial charge < -0.3 is 10.5 Å². The summed E-state index contributed by atoms with van der Waals surface area (Å²) >= 11 is 5.96. The lowest BCUT2D eigenvalue weighted by atomic mass is 10.1. The number of rotatable bonds is 5. The average Bonchev–Trinajstić information content (AvgIpc) is 2.92. The first-order valence-corrected chi connectivity index (χ1v) is 8.40. The Labute approximate surface area is 124 Å². The van der Waals surface area contributed by atoms with Crippen molar-refractivity contribution in [3.63, 3.8) is 0 Å². The number of hydrogen-bond acceptors (Lipinski definition) is 4. The van der Waals surface area contributed by atoms with Gasteiger partial charge in [0.2, 0.25) is 10.0 Å². The van der Waals surface area contributed by atoms with Gasteiger partial charge in [0.1, 0.15) is 0 Å². The zero-order chi connectivity index (χ0) is 14.8. The molecule has 0 spiro atoms. The fourth-order valence-electron chi connectivity index (χ4n) is 2.28. The molecule has 0 radical (unpaired) electrons. The van der Waals surface area contributed by atoms with Gasteiger partial charge >= 0.3 is 0 Å². The van der Waals surface area contributed by atoms with Gasteiger partial charge in [0.15, 0.2) is 0 Å². The molecule has 1 fully saturated rings. The van der Waals surface area contributed by atoms with Gasteiger partial charge in [-0.05, 0) is 43.0 Å². The van der Waals surface area contributed by atoms with Gasteiger partial charge in [0.05, 0.1) is 11.0 Å². The van der Waals surface area contributed by atoms with E-state index in [1.807, 2.05) is 0 Å². The van der Waals surface area contributed by atoms with Crippen LogP contribution in [0.5, 0.6) is 0 Å². The Balaban J connectivity index is 2.22. The SMILES string of the molecule is Cc1c(CN)cc(Cl)cc1S(=O)(=O)NCC1CCCO1. The van der Waals surface area contributed by atoms with E-state index in [-0.39, 0.29) is 24.1 Å². The van der Waals surface area contributed by atoms with E-state index >= 15 is 0 Å². The molecule has 1 atom stereocenters. The number of nitrogens with one attached hydrogen (secondary N) is 1. The van der Waals surface area contributed by atoms with Crippen molar-refractivity contribution in [2.45, 2.75) is 37.3 Å². The van der Waals surface area contributed by atoms with E-state index < -0.39 is 10.0 Å². The minimum atomic E-state index is -3.60. The van der Waals surface area contributed by atoms with E-state index in [0.717, 1.165) is 18.4 Å². The summed E-state index contributed by atoms with van der Waals surface area (Å²) in [6, 6.07) is 3.14. The topological polar surface area (TPSA) is 81.4 Å². The molecule has 5 nitrogen and oxygen atoms in total. The highest BCUT2D eigenvalue weighted by atomic mass is 35.5. The summed E-state index contributed by atoms with van der Waals surface area (Å²) in [5.41, 5.74) is 6.98. The minimum absolute atomic E-state index is 0.0433. The van der Waals surface area contributed by atoms with E-state index in [4.69, 9.17) is 22.1 Å². The third-order valence-electron chi connectivity index (χ3n) is 3.47. The van der Waals surface area contributed by atoms with Crippen LogP contribution in [-0.4, -0.2) is 27.7 Å². The predicted octanol–water partition coefficient (Wildman–Crippen LogP) is 1.56. The number of sulfonamides is 1. The van der Waals surface area contributed by atoms with Gasteiger partial charge in [-0.15, -0.1) is 0 Å². The molecule has 112 valence electrons. The van der Waals surface area contributed by atoms with E-state index in [9.17, 15) is 8.42 Å². The maximum atomic E-state index is 12.4. The number of hydrogen-bond donors (Lipinski definition) is 2. The van der Waals surface area contributed by atoms with Crippen molar-refractivity contribution in [3.8, 4) is 0 Å². The molecule has 0 aromatic heterocycles. The van der Waals surface area contributed by atoms with Crippen LogP contribution >= 0.6 is 11.6 Å². The fourth-order valence-corrected chi connectivity index (χ4v) is 3.97. The number of ether oxygens (including phenoxy) is 1. The van der Waals surface area contributed by atoms with Crippen LogP contribution in [0.1, 0.15) is 24.0 Å². The number of halogens is 1. The van der Waals surface area contributed by atoms with Crippen LogP contribution in [-0.2, 0) is 21.3 Å². The molecule has 2 rings (SSSR count). The van der Waals surface area contributed by atoms with Crippen molar-refractivity contribution >= 4 is 21.6 Å². The lowest BCUT2D eigenvalue weighted by molar-refractivity contribution is 0.114. The molecular formula is C13H19ClN2O3S. The highest BCUT2D eigenvalue weighted by molar-refractivity contribution is 7.89. The quantitative estimate of drug-likeness (QED) is 0.863. The van der Waals surface area contributed by atoms with Gasteiger partial charge in [-0.1, -0.05) is 11.6 Å². The van der Waals surface area contributed by atoms with Gasteiger partial charge in [-0.2, -0.15) is 0 Å². The molecule has 0 saturated carbocycles. The van der Waals surface area contributed by atoms with Crippen molar-refractivity contribution in [1.82, 2.24) is 4.72 Å². The monoisotopic (exact) mass is 318 g/mol. The average molecular weight is 319 g/mol. The van der Waals surface area contributed by atoms with Gasteiger partial charge in [0.25, 0.3) is 0 Å². The standard InChI is InChI=1S/C13H19ClN2O3S/c1-9-10(7-15)5-11(14)6-13(9)20(17,18)16-8-12-3-2-4-19-12/h5-6,12,16H,2-4,7-8,15H2,1H3. The van der Waals surface area contributed by atoms with E-state index in [1.165, 1.54) is 6.07 Å². The van der Waals surface area contributed by atoms with Crippen LogP contribution in [0, 0.1) is 6.92 Å². The predicted molar refractivity (Wildman–Crippen MR) is 78.2 cm³/mol. The second kappa shape index (κ2) is 6.41. The Morgan fingerprint density at radius 1 is 1.50 bits per heavy atom. The molecule has 0 aliphatic carbocycles. The van der Waals surface area contributed by atoms with Crippen molar-refractivity contribution < 1.29 is 13.2 Å². The van der Waals surface area contributed by atoms with Crippen LogP contribution in [0.2, 0.25) is 5.02 Å². The molecule has 1 saturated heterocycles. The van der Waals surface area contributed by atoms with Crippen LogP contribution in [0.3, 0.4) is 0 Å². The van der Waals surface area contributed by atoms with E-state index in [0.29, 0.717) is 17.2 Å². The Morgan fingerprint density at radius 2 is 2.25 bits per heavy atom. The van der Waals surface area contributed by atoms with Crippen LogP contribution in [0.15, 0.2) is 17.0 Å². The highest BCUT2D eigenvalue weighted by Crippen LogP contribution is 2.24. The van der Waals surface area contributed by atoms with Crippen molar-refractivity contribution in [2.75, 3.05) is 13.2 Å². The molecule has 20 heavy (non-hydrogen) atoms. The van der Waals surface area contributed by atoms with Gasteiger partial charge in [0, 0.05) is 24.7 Å². The summed E-state index contributed by atoms with van der Waals surface area (Å²) in [7, 11) is -3.60. The van der Waals surface area contributed by atoms with Crippen molar-refractivity contribution in [3.05, 3.63) is 28.3 Å². The lowest BCUT2D eigenvalue weighted by Crippen LogP contribution is -2.32. The number of benzene rings is 1. The number of nitrogens with two attached hydrogens (primary N) is 1. The Bertz CT molecular complexity index is 584. The second-order valence-corrected chi connectivity index (χ2v) is 7.05. The lowest BCUT2D eigenvalue weighted by Gasteiger charge is -2.15. The van der Waals surface area contributed by atoms with E-state index in [2.05, 4.69) is 4.72 Å². The summed E-state index contributed by atoms with van der Waals surface area (Å²) in [5, 5.41) is 0.369. The maximum Gasteiger partial charge on any atom is 0.240 e. The molecule has 0 amide bonds.